The molecule has 46 heavy (non-hydrogen) atoms. The summed E-state index contributed by atoms with van der Waals surface area (Å²) in [7, 11) is 0. The average molecular weight is 647 g/mol. The van der Waals surface area contributed by atoms with Crippen molar-refractivity contribution in [3.8, 4) is 0 Å². The molecule has 0 aliphatic heterocycles. The summed E-state index contributed by atoms with van der Waals surface area (Å²) >= 11 is 0. The van der Waals surface area contributed by atoms with Crippen LogP contribution in [-0.4, -0.2) is 31.0 Å². The topological polar surface area (TPSA) is 38.7 Å². The molecule has 0 heterocycles. The first-order valence-electron chi connectivity index (χ1n) is 20.5. The van der Waals surface area contributed by atoms with E-state index in [4.69, 9.17) is 9.47 Å². The molecule has 0 aromatic rings. The molecule has 0 saturated heterocycles. The van der Waals surface area contributed by atoms with Gasteiger partial charge in [-0.3, -0.25) is 0 Å². The fourth-order valence-corrected chi connectivity index (χ4v) is 7.65. The van der Waals surface area contributed by atoms with Gasteiger partial charge in [0.05, 0.1) is 25.9 Å². The molecule has 0 spiro atoms. The molecule has 1 rings (SSSR count). The predicted octanol–water partition coefficient (Wildman–Crippen LogP) is 13.3. The van der Waals surface area contributed by atoms with Gasteiger partial charge >= 0.3 is 0 Å². The molecule has 0 radical (unpaired) electrons. The number of hydrogen-bond donors (Lipinski definition) is 1. The van der Waals surface area contributed by atoms with Gasteiger partial charge in [-0.1, -0.05) is 158 Å². The van der Waals surface area contributed by atoms with E-state index in [2.05, 4.69) is 67.5 Å². The van der Waals surface area contributed by atoms with Crippen LogP contribution < -0.4 is 0 Å². The zero-order chi connectivity index (χ0) is 34.0. The van der Waals surface area contributed by atoms with Gasteiger partial charge in [0.1, 0.15) is 5.76 Å². The lowest BCUT2D eigenvalue weighted by atomic mass is 9.90. The first-order chi connectivity index (χ1) is 22.2. The molecule has 272 valence electrons. The molecule has 0 amide bonds. The summed E-state index contributed by atoms with van der Waals surface area (Å²) in [6.45, 7) is 20.6. The highest BCUT2D eigenvalue weighted by atomic mass is 16.5. The van der Waals surface area contributed by atoms with Crippen molar-refractivity contribution in [2.45, 2.75) is 196 Å². The molecule has 0 fully saturated rings. The van der Waals surface area contributed by atoms with Gasteiger partial charge in [-0.2, -0.15) is 0 Å². The number of ether oxygens (including phenoxy) is 2. The van der Waals surface area contributed by atoms with Gasteiger partial charge in [0, 0.05) is 6.42 Å². The Hall–Kier alpha value is -0.800. The number of unbranched alkanes of at least 4 members (excludes halogenated alkanes) is 2. The van der Waals surface area contributed by atoms with Gasteiger partial charge in [0.2, 0.25) is 0 Å². The highest BCUT2D eigenvalue weighted by Crippen LogP contribution is 2.28. The van der Waals surface area contributed by atoms with Gasteiger partial charge in [-0.15, -0.1) is 0 Å². The smallest absolute Gasteiger partial charge is 0.117 e. The third-order valence-corrected chi connectivity index (χ3v) is 10.8. The van der Waals surface area contributed by atoms with E-state index < -0.39 is 0 Å². The second-order valence-corrected chi connectivity index (χ2v) is 15.9. The summed E-state index contributed by atoms with van der Waals surface area (Å²) < 4.78 is 13.2. The van der Waals surface area contributed by atoms with Crippen LogP contribution in [0.1, 0.15) is 190 Å². The molecule has 1 aliphatic rings. The van der Waals surface area contributed by atoms with Crippen molar-refractivity contribution in [2.75, 3.05) is 19.8 Å². The normalized spacial score (nSPS) is 19.2. The van der Waals surface area contributed by atoms with E-state index in [1.54, 1.807) is 0 Å². The van der Waals surface area contributed by atoms with E-state index in [-0.39, 0.29) is 12.7 Å². The lowest BCUT2D eigenvalue weighted by molar-refractivity contribution is 0.0433. The summed E-state index contributed by atoms with van der Waals surface area (Å²) in [5.41, 5.74) is 1.04. The van der Waals surface area contributed by atoms with Gasteiger partial charge < -0.3 is 14.6 Å². The Morgan fingerprint density at radius 1 is 0.587 bits per heavy atom. The molecule has 7 unspecified atom stereocenters. The first-order valence-corrected chi connectivity index (χ1v) is 20.5. The Morgan fingerprint density at radius 2 is 1.02 bits per heavy atom. The van der Waals surface area contributed by atoms with E-state index in [0.29, 0.717) is 11.8 Å². The average Bonchev–Trinajstić information content (AvgIpc) is 3.03. The monoisotopic (exact) mass is 647 g/mol. The maximum absolute atomic E-state index is 10.1. The summed E-state index contributed by atoms with van der Waals surface area (Å²) in [4.78, 5) is 0. The minimum atomic E-state index is 0.00497. The van der Waals surface area contributed by atoms with E-state index in [9.17, 15) is 5.11 Å². The molecular formula is C43H82O3. The third kappa shape index (κ3) is 22.0. The number of allylic oxidation sites excluding steroid dienone is 1. The van der Waals surface area contributed by atoms with Crippen molar-refractivity contribution in [2.24, 2.45) is 35.5 Å². The van der Waals surface area contributed by atoms with E-state index in [0.717, 1.165) is 54.6 Å². The first kappa shape index (κ1) is 43.2. The lowest BCUT2D eigenvalue weighted by Gasteiger charge is -2.26. The number of hydrogen-bond acceptors (Lipinski definition) is 3. The fourth-order valence-electron chi connectivity index (χ4n) is 7.65. The zero-order valence-corrected chi connectivity index (χ0v) is 32.4. The number of aliphatic hydroxyl groups is 1. The van der Waals surface area contributed by atoms with Gasteiger partial charge in [-0.25, -0.2) is 0 Å². The van der Waals surface area contributed by atoms with E-state index in [1.165, 1.54) is 128 Å². The SMILES string of the molecule is CCCC(C)CCCCC(CCC(C)CCC)COC1=CC(OCC(CCCCC(C)CCC)CCC(C)CCC)CC(CO)=C1. The molecule has 1 N–H and O–H groups in total. The van der Waals surface area contributed by atoms with Crippen LogP contribution in [0.2, 0.25) is 0 Å². The minimum Gasteiger partial charge on any atom is -0.494 e. The third-order valence-electron chi connectivity index (χ3n) is 10.8. The Balaban J connectivity index is 2.78. The molecular weight excluding hydrogens is 564 g/mol. The largest absolute Gasteiger partial charge is 0.494 e. The van der Waals surface area contributed by atoms with Crippen molar-refractivity contribution < 1.29 is 14.6 Å². The second-order valence-electron chi connectivity index (χ2n) is 15.9. The molecule has 0 bridgehead atoms. The van der Waals surface area contributed by atoms with Crippen LogP contribution in [0, 0.1) is 35.5 Å². The lowest BCUT2D eigenvalue weighted by Crippen LogP contribution is -2.22. The maximum Gasteiger partial charge on any atom is 0.117 e. The van der Waals surface area contributed by atoms with Crippen molar-refractivity contribution in [3.05, 3.63) is 23.5 Å². The molecule has 0 aromatic heterocycles. The van der Waals surface area contributed by atoms with E-state index >= 15 is 0 Å². The second kappa shape index (κ2) is 28.1. The Bertz CT molecular complexity index is 757. The molecule has 0 aromatic carbocycles. The van der Waals surface area contributed by atoms with Crippen LogP contribution in [0.15, 0.2) is 23.5 Å². The van der Waals surface area contributed by atoms with Gasteiger partial charge in [0.15, 0.2) is 0 Å². The molecule has 3 heteroatoms. The summed E-state index contributed by atoms with van der Waals surface area (Å²) in [6.07, 6.45) is 31.3. The van der Waals surface area contributed by atoms with Crippen LogP contribution in [0.25, 0.3) is 0 Å². The van der Waals surface area contributed by atoms with Crippen LogP contribution >= 0.6 is 0 Å². The Morgan fingerprint density at radius 3 is 1.48 bits per heavy atom. The fraction of sp³-hybridized carbons (Fsp3) is 0.907. The molecule has 3 nitrogen and oxygen atoms in total. The van der Waals surface area contributed by atoms with Crippen LogP contribution in [0.4, 0.5) is 0 Å². The standard InChI is InChI=1S/C43H82O3/c1-9-17-35(5)21-13-15-23-39(27-25-37(7)19-11-3)33-45-42-29-41(32-44)30-43(31-42)46-34-40(28-26-38(8)20-12-4)24-16-14-22-36(6)18-10-2/h29,31,35-40,43-44H,9-28,30,32-34H2,1-8H3. The number of rotatable bonds is 31. The van der Waals surface area contributed by atoms with Crippen molar-refractivity contribution in [3.63, 3.8) is 0 Å². The van der Waals surface area contributed by atoms with Crippen LogP contribution in [-0.2, 0) is 9.47 Å². The number of aliphatic hydroxyl groups excluding tert-OH is 1. The Kier molecular flexibility index (Phi) is 26.4. The predicted molar refractivity (Wildman–Crippen MR) is 202 cm³/mol. The highest BCUT2D eigenvalue weighted by molar-refractivity contribution is 5.26. The van der Waals surface area contributed by atoms with Crippen molar-refractivity contribution >= 4 is 0 Å². The summed E-state index contributed by atoms with van der Waals surface area (Å²) in [5.74, 6) is 5.44. The zero-order valence-electron chi connectivity index (χ0n) is 32.4. The van der Waals surface area contributed by atoms with Gasteiger partial charge in [0.25, 0.3) is 0 Å². The highest BCUT2D eigenvalue weighted by Gasteiger charge is 2.21. The maximum atomic E-state index is 10.1. The molecule has 0 saturated carbocycles. The summed E-state index contributed by atoms with van der Waals surface area (Å²) in [5, 5.41) is 10.1. The minimum absolute atomic E-state index is 0.00497. The summed E-state index contributed by atoms with van der Waals surface area (Å²) in [6, 6.07) is 0. The van der Waals surface area contributed by atoms with Crippen LogP contribution in [0.3, 0.4) is 0 Å². The quantitative estimate of drug-likeness (QED) is 0.0762. The Labute approximate surface area is 289 Å². The van der Waals surface area contributed by atoms with E-state index in [1.807, 2.05) is 0 Å². The van der Waals surface area contributed by atoms with Crippen molar-refractivity contribution in [1.29, 1.82) is 0 Å². The van der Waals surface area contributed by atoms with Crippen molar-refractivity contribution in [1.82, 2.24) is 0 Å². The van der Waals surface area contributed by atoms with Gasteiger partial charge in [-0.05, 0) is 78.9 Å². The van der Waals surface area contributed by atoms with Crippen LogP contribution in [0.5, 0.6) is 0 Å². The molecule has 1 aliphatic carbocycles. The molecule has 7 atom stereocenters.